The van der Waals surface area contributed by atoms with Crippen LogP contribution in [0.1, 0.15) is 0 Å². The topological polar surface area (TPSA) is 3.24 Å². The van der Waals surface area contributed by atoms with Gasteiger partial charge in [0.2, 0.25) is 0 Å². The van der Waals surface area contributed by atoms with Crippen molar-refractivity contribution >= 4 is 17.4 Å². The Morgan fingerprint density at radius 2 is 2.00 bits per heavy atom. The average molecular weight is 112 g/mol. The Kier molecular flexibility index (Phi) is 9.14. The molecule has 3 radical (unpaired) electrons. The maximum Gasteiger partial charge on any atom is 0.0154 e. The molecule has 2 heteroatoms. The van der Waals surface area contributed by atoms with E-state index in [2.05, 4.69) is 11.5 Å². The second-order valence-electron chi connectivity index (χ2n) is 1.55. The predicted octanol–water partition coefficient (Wildman–Crippen LogP) is 0.353. The van der Waals surface area contributed by atoms with Gasteiger partial charge in [-0.05, 0) is 14.1 Å². The number of nitrogens with zero attached hydrogens (tertiary/aromatic N) is 1. The van der Waals surface area contributed by atoms with Crippen molar-refractivity contribution in [3.8, 4) is 0 Å². The molecule has 1 nitrogen and oxygen atoms in total. The molecule has 0 spiro atoms. The van der Waals surface area contributed by atoms with Gasteiger partial charge < -0.3 is 4.90 Å². The third-order valence-electron chi connectivity index (χ3n) is 0.494. The van der Waals surface area contributed by atoms with E-state index in [1.165, 1.54) is 0 Å². The molecule has 0 amide bonds. The van der Waals surface area contributed by atoms with Gasteiger partial charge in [-0.1, -0.05) is 6.08 Å². The van der Waals surface area contributed by atoms with E-state index in [0.29, 0.717) is 0 Å². The largest absolute Gasteiger partial charge is 0.306 e. The minimum absolute atomic E-state index is 0. The summed E-state index contributed by atoms with van der Waals surface area (Å²) in [4.78, 5) is 2.06. The SMILES string of the molecule is C=CCN(C)C.[Al]. The third kappa shape index (κ3) is 10.7. The van der Waals surface area contributed by atoms with Gasteiger partial charge in [-0.3, -0.25) is 0 Å². The van der Waals surface area contributed by atoms with E-state index in [1.807, 2.05) is 20.2 Å². The quantitative estimate of drug-likeness (QED) is 0.368. The molecule has 0 aliphatic heterocycles. The smallest absolute Gasteiger partial charge is 0.0154 e. The second-order valence-corrected chi connectivity index (χ2v) is 1.55. The molecule has 0 fully saturated rings. The minimum Gasteiger partial charge on any atom is -0.306 e. The highest BCUT2D eigenvalue weighted by Crippen LogP contribution is 1.69. The molecule has 0 rings (SSSR count). The van der Waals surface area contributed by atoms with E-state index >= 15 is 0 Å². The van der Waals surface area contributed by atoms with E-state index in [1.54, 1.807) is 0 Å². The van der Waals surface area contributed by atoms with Crippen molar-refractivity contribution in [1.29, 1.82) is 0 Å². The molecule has 0 aromatic heterocycles. The summed E-state index contributed by atoms with van der Waals surface area (Å²) in [5.74, 6) is 0. The zero-order valence-corrected chi connectivity index (χ0v) is 6.17. The van der Waals surface area contributed by atoms with Crippen LogP contribution < -0.4 is 0 Å². The molecule has 0 bridgehead atoms. The predicted molar refractivity (Wildman–Crippen MR) is 34.5 cm³/mol. The molecule has 0 aromatic rings. The highest BCUT2D eigenvalue weighted by Gasteiger charge is 1.75. The molecule has 0 aliphatic carbocycles. The normalized spacial score (nSPS) is 7.86. The molecule has 0 aromatic carbocycles. The monoisotopic (exact) mass is 112 g/mol. The van der Waals surface area contributed by atoms with Gasteiger partial charge >= 0.3 is 0 Å². The van der Waals surface area contributed by atoms with Crippen molar-refractivity contribution in [3.05, 3.63) is 12.7 Å². The Morgan fingerprint density at radius 3 is 2.00 bits per heavy atom. The second kappa shape index (κ2) is 6.23. The van der Waals surface area contributed by atoms with Crippen LogP contribution in [0.15, 0.2) is 12.7 Å². The van der Waals surface area contributed by atoms with Crippen molar-refractivity contribution in [2.45, 2.75) is 0 Å². The first-order chi connectivity index (χ1) is 2.77. The summed E-state index contributed by atoms with van der Waals surface area (Å²) in [6.45, 7) is 4.53. The van der Waals surface area contributed by atoms with Crippen LogP contribution >= 0.6 is 0 Å². The van der Waals surface area contributed by atoms with Crippen LogP contribution in [-0.4, -0.2) is 42.9 Å². The van der Waals surface area contributed by atoms with Crippen LogP contribution in [-0.2, 0) is 0 Å². The van der Waals surface area contributed by atoms with E-state index in [4.69, 9.17) is 0 Å². The maximum absolute atomic E-state index is 3.56. The minimum atomic E-state index is 0. The molecule has 0 saturated carbocycles. The lowest BCUT2D eigenvalue weighted by molar-refractivity contribution is 0.457. The molecule has 0 heterocycles. The van der Waals surface area contributed by atoms with Gasteiger partial charge in [-0.2, -0.15) is 0 Å². The summed E-state index contributed by atoms with van der Waals surface area (Å²) in [7, 11) is 4.03. The lowest BCUT2D eigenvalue weighted by Crippen LogP contribution is -2.09. The van der Waals surface area contributed by atoms with Gasteiger partial charge in [-0.15, -0.1) is 6.58 Å². The number of hydrogen-bond acceptors (Lipinski definition) is 1. The molecule has 0 saturated heterocycles. The summed E-state index contributed by atoms with van der Waals surface area (Å²) in [6, 6.07) is 0. The van der Waals surface area contributed by atoms with Crippen molar-refractivity contribution in [3.63, 3.8) is 0 Å². The van der Waals surface area contributed by atoms with E-state index in [9.17, 15) is 0 Å². The van der Waals surface area contributed by atoms with Crippen LogP contribution in [0.25, 0.3) is 0 Å². The molecule has 0 atom stereocenters. The van der Waals surface area contributed by atoms with Crippen molar-refractivity contribution in [1.82, 2.24) is 4.90 Å². The summed E-state index contributed by atoms with van der Waals surface area (Å²) in [6.07, 6.45) is 1.88. The van der Waals surface area contributed by atoms with Gasteiger partial charge in [0.1, 0.15) is 0 Å². The van der Waals surface area contributed by atoms with Gasteiger partial charge in [0.15, 0.2) is 0 Å². The molecule has 0 unspecified atom stereocenters. The summed E-state index contributed by atoms with van der Waals surface area (Å²) in [5.41, 5.74) is 0. The van der Waals surface area contributed by atoms with Crippen LogP contribution in [0.3, 0.4) is 0 Å². The molecular weight excluding hydrogens is 101 g/mol. The lowest BCUT2D eigenvalue weighted by Gasteiger charge is -2.01. The number of rotatable bonds is 2. The number of hydrogen-bond donors (Lipinski definition) is 0. The Balaban J connectivity index is 0. The zero-order valence-electron chi connectivity index (χ0n) is 5.02. The Labute approximate surface area is 56.1 Å². The molecule has 39 valence electrons. The van der Waals surface area contributed by atoms with E-state index < -0.39 is 0 Å². The fraction of sp³-hybridized carbons (Fsp3) is 0.600. The first-order valence-corrected chi connectivity index (χ1v) is 2.03. The zero-order chi connectivity index (χ0) is 4.99. The lowest BCUT2D eigenvalue weighted by atomic mass is 10.6. The standard InChI is InChI=1S/C5H11N.Al/c1-4-5-6(2)3;/h4H,1,5H2,2-3H3;. The van der Waals surface area contributed by atoms with Crippen LogP contribution in [0.2, 0.25) is 0 Å². The van der Waals surface area contributed by atoms with Crippen molar-refractivity contribution < 1.29 is 0 Å². The summed E-state index contributed by atoms with van der Waals surface area (Å²) in [5, 5.41) is 0. The first-order valence-electron chi connectivity index (χ1n) is 2.03. The highest BCUT2D eigenvalue weighted by molar-refractivity contribution is 5.75. The molecule has 0 aliphatic rings. The number of likely N-dealkylation sites (N-methyl/N-ethyl adjacent to an activating group) is 1. The van der Waals surface area contributed by atoms with Crippen LogP contribution in [0, 0.1) is 0 Å². The van der Waals surface area contributed by atoms with Gasteiger partial charge in [0.05, 0.1) is 0 Å². The Morgan fingerprint density at radius 1 is 1.57 bits per heavy atom. The van der Waals surface area contributed by atoms with Crippen LogP contribution in [0.5, 0.6) is 0 Å². The summed E-state index contributed by atoms with van der Waals surface area (Å²) >= 11 is 0. The Bertz CT molecular complexity index is 43.3. The highest BCUT2D eigenvalue weighted by atomic mass is 27.0. The van der Waals surface area contributed by atoms with Crippen molar-refractivity contribution in [2.75, 3.05) is 20.6 Å². The molecular formula is C5H11AlN. The van der Waals surface area contributed by atoms with Gasteiger partial charge in [0.25, 0.3) is 0 Å². The van der Waals surface area contributed by atoms with Crippen LogP contribution in [0.4, 0.5) is 0 Å². The van der Waals surface area contributed by atoms with E-state index in [-0.39, 0.29) is 17.4 Å². The Hall–Kier alpha value is 0.232. The first kappa shape index (κ1) is 10.3. The third-order valence-corrected chi connectivity index (χ3v) is 0.494. The summed E-state index contributed by atoms with van der Waals surface area (Å²) < 4.78 is 0. The fourth-order valence-electron chi connectivity index (χ4n) is 0.258. The molecule has 0 N–H and O–H groups in total. The van der Waals surface area contributed by atoms with Gasteiger partial charge in [-0.25, -0.2) is 0 Å². The van der Waals surface area contributed by atoms with Crippen molar-refractivity contribution in [2.24, 2.45) is 0 Å². The van der Waals surface area contributed by atoms with Gasteiger partial charge in [0, 0.05) is 23.9 Å². The maximum atomic E-state index is 3.56. The van der Waals surface area contributed by atoms with E-state index in [0.717, 1.165) is 6.54 Å². The average Bonchev–Trinajstić information content (AvgIpc) is 1.35. The fourth-order valence-corrected chi connectivity index (χ4v) is 0.258. The molecule has 7 heavy (non-hydrogen) atoms.